The molecule has 0 aromatic rings. The summed E-state index contributed by atoms with van der Waals surface area (Å²) in [5, 5.41) is 9.49. The van der Waals surface area contributed by atoms with Gasteiger partial charge in [-0.15, -0.1) is 0 Å². The molecule has 1 aliphatic heterocycles. The predicted octanol–water partition coefficient (Wildman–Crippen LogP) is 1.20. The molecule has 0 amide bonds. The van der Waals surface area contributed by atoms with Gasteiger partial charge >= 0.3 is 5.97 Å². The van der Waals surface area contributed by atoms with Crippen molar-refractivity contribution in [3.8, 4) is 0 Å². The first-order chi connectivity index (χ1) is 8.04. The minimum atomic E-state index is -0.260. The van der Waals surface area contributed by atoms with Crippen LogP contribution < -0.4 is 0 Å². The normalized spacial score (nSPS) is 21.3. The first-order valence-corrected chi connectivity index (χ1v) is 6.20. The summed E-state index contributed by atoms with van der Waals surface area (Å²) >= 11 is 0. The van der Waals surface area contributed by atoms with Gasteiger partial charge in [-0.1, -0.05) is 6.08 Å². The van der Waals surface area contributed by atoms with E-state index >= 15 is 0 Å². The van der Waals surface area contributed by atoms with E-state index in [4.69, 9.17) is 0 Å². The van der Waals surface area contributed by atoms with Crippen LogP contribution >= 0.6 is 0 Å². The van der Waals surface area contributed by atoms with Crippen LogP contribution in [0.25, 0.3) is 0 Å². The molecule has 0 aromatic heterocycles. The van der Waals surface area contributed by atoms with Gasteiger partial charge in [-0.3, -0.25) is 4.90 Å². The molecule has 0 aliphatic carbocycles. The zero-order valence-electron chi connectivity index (χ0n) is 11.0. The maximum atomic E-state index is 11.2. The molecule has 1 rings (SSSR count). The van der Waals surface area contributed by atoms with Crippen molar-refractivity contribution in [1.29, 1.82) is 0 Å². The predicted molar refractivity (Wildman–Crippen MR) is 66.6 cm³/mol. The Morgan fingerprint density at radius 3 is 2.59 bits per heavy atom. The molecule has 0 spiro atoms. The van der Waals surface area contributed by atoms with E-state index in [1.165, 1.54) is 7.11 Å². The molecule has 0 radical (unpaired) electrons. The van der Waals surface area contributed by atoms with Gasteiger partial charge in [0.2, 0.25) is 0 Å². The molecule has 17 heavy (non-hydrogen) atoms. The molecule has 4 nitrogen and oxygen atoms in total. The summed E-state index contributed by atoms with van der Waals surface area (Å²) < 4.78 is 4.64. The second-order valence-electron chi connectivity index (χ2n) is 4.76. The Labute approximate surface area is 103 Å². The van der Waals surface area contributed by atoms with Crippen LogP contribution in [0.3, 0.4) is 0 Å². The maximum absolute atomic E-state index is 11.2. The highest BCUT2D eigenvalue weighted by Gasteiger charge is 2.21. The van der Waals surface area contributed by atoms with E-state index in [2.05, 4.69) is 9.64 Å². The van der Waals surface area contributed by atoms with Crippen molar-refractivity contribution in [3.63, 3.8) is 0 Å². The number of rotatable bonds is 4. The molecule has 1 aliphatic rings. The Morgan fingerprint density at radius 2 is 2.12 bits per heavy atom. The van der Waals surface area contributed by atoms with E-state index in [1.807, 2.05) is 13.0 Å². The fourth-order valence-corrected chi connectivity index (χ4v) is 2.13. The largest absolute Gasteiger partial charge is 0.466 e. The van der Waals surface area contributed by atoms with E-state index in [9.17, 15) is 9.90 Å². The number of methoxy groups -OCH3 is 1. The number of carbonyl (C=O) groups excluding carboxylic acids is 1. The average Bonchev–Trinajstić information content (AvgIpc) is 2.35. The van der Waals surface area contributed by atoms with E-state index in [-0.39, 0.29) is 12.1 Å². The number of esters is 1. The van der Waals surface area contributed by atoms with E-state index in [0.717, 1.165) is 32.5 Å². The van der Waals surface area contributed by atoms with Crippen LogP contribution in [0.5, 0.6) is 0 Å². The summed E-state index contributed by atoms with van der Waals surface area (Å²) in [6, 6.07) is 0. The molecule has 1 heterocycles. The van der Waals surface area contributed by atoms with Crippen LogP contribution in [0.1, 0.15) is 26.7 Å². The number of hydrogen-bond acceptors (Lipinski definition) is 4. The molecule has 0 aromatic carbocycles. The number of piperidine rings is 1. The van der Waals surface area contributed by atoms with Crippen LogP contribution in [0.4, 0.5) is 0 Å². The molecule has 1 N–H and O–H groups in total. The van der Waals surface area contributed by atoms with Crippen LogP contribution in [0.15, 0.2) is 11.6 Å². The monoisotopic (exact) mass is 241 g/mol. The number of likely N-dealkylation sites (tertiary alicyclic amines) is 1. The van der Waals surface area contributed by atoms with Crippen LogP contribution in [0, 0.1) is 5.92 Å². The topological polar surface area (TPSA) is 49.8 Å². The third-order valence-electron chi connectivity index (χ3n) is 3.48. The minimum Gasteiger partial charge on any atom is -0.466 e. The standard InChI is InChI=1S/C13H23NO3/c1-10(13(16)17-3)4-7-14-8-5-12(6-9-14)11(2)15/h4,11-12,15H,5-9H2,1-3H3. The summed E-state index contributed by atoms with van der Waals surface area (Å²) in [5.74, 6) is 0.167. The van der Waals surface area contributed by atoms with Gasteiger partial charge in [0.15, 0.2) is 0 Å². The lowest BCUT2D eigenvalue weighted by Crippen LogP contribution is -2.37. The zero-order chi connectivity index (χ0) is 12.8. The lowest BCUT2D eigenvalue weighted by atomic mass is 9.92. The minimum absolute atomic E-state index is 0.204. The van der Waals surface area contributed by atoms with Crippen molar-refractivity contribution in [1.82, 2.24) is 4.90 Å². The SMILES string of the molecule is COC(=O)C(C)=CCN1CCC(C(C)O)CC1. The second-order valence-corrected chi connectivity index (χ2v) is 4.76. The number of carbonyl (C=O) groups is 1. The quantitative estimate of drug-likeness (QED) is 0.593. The van der Waals surface area contributed by atoms with Crippen molar-refractivity contribution in [2.24, 2.45) is 5.92 Å². The van der Waals surface area contributed by atoms with Crippen LogP contribution in [-0.4, -0.2) is 48.8 Å². The highest BCUT2D eigenvalue weighted by molar-refractivity contribution is 5.87. The van der Waals surface area contributed by atoms with Crippen LogP contribution in [0.2, 0.25) is 0 Å². The van der Waals surface area contributed by atoms with Crippen LogP contribution in [-0.2, 0) is 9.53 Å². The van der Waals surface area contributed by atoms with Crippen molar-refractivity contribution in [2.75, 3.05) is 26.7 Å². The summed E-state index contributed by atoms with van der Waals surface area (Å²) in [6.07, 6.45) is 3.77. The Hall–Kier alpha value is -0.870. The molecule has 1 unspecified atom stereocenters. The molecular formula is C13H23NO3. The molecule has 1 saturated heterocycles. The van der Waals surface area contributed by atoms with Gasteiger partial charge in [0, 0.05) is 12.1 Å². The van der Waals surface area contributed by atoms with Gasteiger partial charge in [-0.2, -0.15) is 0 Å². The third-order valence-corrected chi connectivity index (χ3v) is 3.48. The second kappa shape index (κ2) is 6.77. The summed E-state index contributed by atoms with van der Waals surface area (Å²) in [7, 11) is 1.40. The van der Waals surface area contributed by atoms with Crippen molar-refractivity contribution < 1.29 is 14.6 Å². The highest BCUT2D eigenvalue weighted by atomic mass is 16.5. The number of aliphatic hydroxyl groups excluding tert-OH is 1. The fraction of sp³-hybridized carbons (Fsp3) is 0.769. The number of nitrogens with zero attached hydrogens (tertiary/aromatic N) is 1. The fourth-order valence-electron chi connectivity index (χ4n) is 2.13. The lowest BCUT2D eigenvalue weighted by Gasteiger charge is -2.32. The molecule has 0 saturated carbocycles. The summed E-state index contributed by atoms with van der Waals surface area (Å²) in [4.78, 5) is 13.5. The lowest BCUT2D eigenvalue weighted by molar-refractivity contribution is -0.136. The number of aliphatic hydroxyl groups is 1. The number of ether oxygens (including phenoxy) is 1. The molecular weight excluding hydrogens is 218 g/mol. The Kier molecular flexibility index (Phi) is 5.65. The maximum Gasteiger partial charge on any atom is 0.333 e. The molecule has 1 atom stereocenters. The Morgan fingerprint density at radius 1 is 1.53 bits per heavy atom. The van der Waals surface area contributed by atoms with Gasteiger partial charge in [-0.25, -0.2) is 4.79 Å². The number of hydrogen-bond donors (Lipinski definition) is 1. The van der Waals surface area contributed by atoms with E-state index < -0.39 is 0 Å². The first kappa shape index (κ1) is 14.2. The molecule has 4 heteroatoms. The Bertz CT molecular complexity index is 278. The summed E-state index contributed by atoms with van der Waals surface area (Å²) in [5.41, 5.74) is 0.658. The van der Waals surface area contributed by atoms with Gasteiger partial charge in [0.1, 0.15) is 0 Å². The molecule has 1 fully saturated rings. The van der Waals surface area contributed by atoms with Crippen molar-refractivity contribution in [3.05, 3.63) is 11.6 Å². The van der Waals surface area contributed by atoms with E-state index in [0.29, 0.717) is 11.5 Å². The average molecular weight is 241 g/mol. The summed E-state index contributed by atoms with van der Waals surface area (Å²) in [6.45, 7) is 6.39. The Balaban J connectivity index is 2.34. The molecule has 98 valence electrons. The van der Waals surface area contributed by atoms with Gasteiger partial charge in [0.25, 0.3) is 0 Å². The highest BCUT2D eigenvalue weighted by Crippen LogP contribution is 2.20. The van der Waals surface area contributed by atoms with Crippen molar-refractivity contribution >= 4 is 5.97 Å². The molecule has 0 bridgehead atoms. The third kappa shape index (κ3) is 4.48. The van der Waals surface area contributed by atoms with Crippen molar-refractivity contribution in [2.45, 2.75) is 32.8 Å². The first-order valence-electron chi connectivity index (χ1n) is 6.20. The zero-order valence-corrected chi connectivity index (χ0v) is 11.0. The van der Waals surface area contributed by atoms with Gasteiger partial charge < -0.3 is 9.84 Å². The smallest absolute Gasteiger partial charge is 0.333 e. The van der Waals surface area contributed by atoms with E-state index in [1.54, 1.807) is 6.92 Å². The van der Waals surface area contributed by atoms with Gasteiger partial charge in [-0.05, 0) is 45.7 Å². The van der Waals surface area contributed by atoms with Gasteiger partial charge in [0.05, 0.1) is 13.2 Å².